The van der Waals surface area contributed by atoms with E-state index in [4.69, 9.17) is 4.74 Å². The molecular weight excluding hydrogens is 250 g/mol. The molecule has 1 N–H and O–H groups in total. The van der Waals surface area contributed by atoms with Crippen molar-refractivity contribution in [1.82, 2.24) is 9.97 Å². The minimum Gasteiger partial charge on any atom is -0.477 e. The first-order valence-electron chi connectivity index (χ1n) is 7.55. The van der Waals surface area contributed by atoms with Crippen molar-refractivity contribution < 1.29 is 4.74 Å². The SMILES string of the molecule is CCCc1c(NC)ncnc1OCC1CC=CCC1C. The molecule has 0 saturated heterocycles. The Bertz CT molecular complexity index is 459. The molecule has 0 aromatic carbocycles. The number of ether oxygens (including phenoxy) is 1. The zero-order valence-corrected chi connectivity index (χ0v) is 12.7. The summed E-state index contributed by atoms with van der Waals surface area (Å²) in [6, 6.07) is 0. The molecule has 1 aliphatic carbocycles. The quantitative estimate of drug-likeness (QED) is 0.808. The van der Waals surface area contributed by atoms with Gasteiger partial charge in [0.05, 0.1) is 12.2 Å². The summed E-state index contributed by atoms with van der Waals surface area (Å²) < 4.78 is 6.02. The number of rotatable bonds is 6. The molecule has 1 heterocycles. The predicted molar refractivity (Wildman–Crippen MR) is 82.1 cm³/mol. The standard InChI is InChI=1S/C16H25N3O/c1-4-7-14-15(17-3)18-11-19-16(14)20-10-13-9-6-5-8-12(13)2/h5-6,11-13H,4,7-10H2,1-3H3,(H,17,18,19). The van der Waals surface area contributed by atoms with Crippen LogP contribution in [0.15, 0.2) is 18.5 Å². The van der Waals surface area contributed by atoms with Crippen molar-refractivity contribution in [2.45, 2.75) is 39.5 Å². The van der Waals surface area contributed by atoms with Crippen LogP contribution in [0.5, 0.6) is 5.88 Å². The van der Waals surface area contributed by atoms with E-state index in [1.807, 2.05) is 7.05 Å². The highest BCUT2D eigenvalue weighted by Gasteiger charge is 2.20. The van der Waals surface area contributed by atoms with Gasteiger partial charge in [0.25, 0.3) is 0 Å². The normalized spacial score (nSPS) is 21.8. The maximum atomic E-state index is 6.02. The Morgan fingerprint density at radius 2 is 2.10 bits per heavy atom. The first-order chi connectivity index (χ1) is 9.76. The summed E-state index contributed by atoms with van der Waals surface area (Å²) in [6.45, 7) is 5.19. The largest absolute Gasteiger partial charge is 0.477 e. The average molecular weight is 275 g/mol. The molecule has 20 heavy (non-hydrogen) atoms. The maximum Gasteiger partial charge on any atom is 0.221 e. The molecular formula is C16H25N3O. The molecule has 0 aliphatic heterocycles. The summed E-state index contributed by atoms with van der Waals surface area (Å²) in [5, 5.41) is 3.13. The number of anilines is 1. The minimum atomic E-state index is 0.586. The first kappa shape index (κ1) is 14.8. The fourth-order valence-electron chi connectivity index (χ4n) is 2.64. The number of nitrogens with zero attached hydrogens (tertiary/aromatic N) is 2. The third-order valence-electron chi connectivity index (χ3n) is 3.99. The van der Waals surface area contributed by atoms with Crippen LogP contribution in [-0.4, -0.2) is 23.6 Å². The number of aromatic nitrogens is 2. The molecule has 0 radical (unpaired) electrons. The Morgan fingerprint density at radius 1 is 1.30 bits per heavy atom. The lowest BCUT2D eigenvalue weighted by Crippen LogP contribution is -2.22. The molecule has 0 bridgehead atoms. The molecule has 2 rings (SSSR count). The van der Waals surface area contributed by atoms with Gasteiger partial charge in [0.15, 0.2) is 0 Å². The second-order valence-corrected chi connectivity index (χ2v) is 5.50. The van der Waals surface area contributed by atoms with Crippen LogP contribution in [0.25, 0.3) is 0 Å². The van der Waals surface area contributed by atoms with Crippen molar-refractivity contribution in [3.63, 3.8) is 0 Å². The lowest BCUT2D eigenvalue weighted by atomic mass is 9.85. The molecule has 1 aromatic heterocycles. The Labute approximate surface area is 121 Å². The van der Waals surface area contributed by atoms with Gasteiger partial charge in [-0.2, -0.15) is 0 Å². The molecule has 2 unspecified atom stereocenters. The van der Waals surface area contributed by atoms with Gasteiger partial charge in [-0.15, -0.1) is 0 Å². The Balaban J connectivity index is 2.06. The van der Waals surface area contributed by atoms with Gasteiger partial charge < -0.3 is 10.1 Å². The highest BCUT2D eigenvalue weighted by Crippen LogP contribution is 2.28. The van der Waals surface area contributed by atoms with Crippen LogP contribution >= 0.6 is 0 Å². The van der Waals surface area contributed by atoms with Crippen LogP contribution in [0, 0.1) is 11.8 Å². The number of nitrogens with one attached hydrogen (secondary N) is 1. The monoisotopic (exact) mass is 275 g/mol. The van der Waals surface area contributed by atoms with Crippen molar-refractivity contribution in [3.05, 3.63) is 24.0 Å². The molecule has 4 heteroatoms. The van der Waals surface area contributed by atoms with Crippen LogP contribution in [0.3, 0.4) is 0 Å². The summed E-state index contributed by atoms with van der Waals surface area (Å²) in [7, 11) is 1.89. The molecule has 2 atom stereocenters. The maximum absolute atomic E-state index is 6.02. The lowest BCUT2D eigenvalue weighted by Gasteiger charge is -2.25. The zero-order valence-electron chi connectivity index (χ0n) is 12.7. The molecule has 4 nitrogen and oxygen atoms in total. The fourth-order valence-corrected chi connectivity index (χ4v) is 2.64. The van der Waals surface area contributed by atoms with Gasteiger partial charge in [-0.3, -0.25) is 0 Å². The summed E-state index contributed by atoms with van der Waals surface area (Å²) in [6.07, 6.45) is 10.4. The van der Waals surface area contributed by atoms with E-state index < -0.39 is 0 Å². The third kappa shape index (κ3) is 3.50. The highest BCUT2D eigenvalue weighted by atomic mass is 16.5. The van der Waals surface area contributed by atoms with E-state index >= 15 is 0 Å². The predicted octanol–water partition coefficient (Wildman–Crippen LogP) is 3.45. The van der Waals surface area contributed by atoms with Crippen molar-refractivity contribution in [1.29, 1.82) is 0 Å². The van der Waals surface area contributed by atoms with E-state index in [0.717, 1.165) is 49.6 Å². The highest BCUT2D eigenvalue weighted by molar-refractivity contribution is 5.48. The number of hydrogen-bond donors (Lipinski definition) is 1. The molecule has 0 saturated carbocycles. The summed E-state index contributed by atoms with van der Waals surface area (Å²) in [4.78, 5) is 8.60. The van der Waals surface area contributed by atoms with Gasteiger partial charge >= 0.3 is 0 Å². The second-order valence-electron chi connectivity index (χ2n) is 5.50. The van der Waals surface area contributed by atoms with E-state index in [-0.39, 0.29) is 0 Å². The third-order valence-corrected chi connectivity index (χ3v) is 3.99. The van der Waals surface area contributed by atoms with E-state index in [1.54, 1.807) is 6.33 Å². The Kier molecular flexibility index (Phi) is 5.39. The van der Waals surface area contributed by atoms with Crippen molar-refractivity contribution in [2.24, 2.45) is 11.8 Å². The molecule has 1 aliphatic rings. The number of hydrogen-bond acceptors (Lipinski definition) is 4. The van der Waals surface area contributed by atoms with Gasteiger partial charge in [0, 0.05) is 7.05 Å². The van der Waals surface area contributed by atoms with Crippen LogP contribution in [0.1, 0.15) is 38.7 Å². The smallest absolute Gasteiger partial charge is 0.221 e. The average Bonchev–Trinajstić information content (AvgIpc) is 2.47. The van der Waals surface area contributed by atoms with Gasteiger partial charge in [-0.25, -0.2) is 9.97 Å². The van der Waals surface area contributed by atoms with E-state index in [2.05, 4.69) is 41.3 Å². The van der Waals surface area contributed by atoms with Gasteiger partial charge in [0.1, 0.15) is 12.1 Å². The second kappa shape index (κ2) is 7.27. The minimum absolute atomic E-state index is 0.586. The summed E-state index contributed by atoms with van der Waals surface area (Å²) in [5.74, 6) is 2.89. The topological polar surface area (TPSA) is 47.0 Å². The van der Waals surface area contributed by atoms with Gasteiger partial charge in [-0.05, 0) is 31.1 Å². The first-order valence-corrected chi connectivity index (χ1v) is 7.55. The van der Waals surface area contributed by atoms with Crippen LogP contribution in [0.4, 0.5) is 5.82 Å². The zero-order chi connectivity index (χ0) is 14.4. The molecule has 1 aromatic rings. The van der Waals surface area contributed by atoms with Crippen molar-refractivity contribution in [2.75, 3.05) is 19.0 Å². The summed E-state index contributed by atoms with van der Waals surface area (Å²) in [5.41, 5.74) is 1.09. The van der Waals surface area contributed by atoms with Crippen LogP contribution in [-0.2, 0) is 6.42 Å². The molecule has 0 spiro atoms. The van der Waals surface area contributed by atoms with Crippen LogP contribution in [0.2, 0.25) is 0 Å². The van der Waals surface area contributed by atoms with Crippen molar-refractivity contribution in [3.8, 4) is 5.88 Å². The van der Waals surface area contributed by atoms with E-state index in [1.165, 1.54) is 0 Å². The molecule has 110 valence electrons. The van der Waals surface area contributed by atoms with E-state index in [0.29, 0.717) is 11.8 Å². The summed E-state index contributed by atoms with van der Waals surface area (Å²) >= 11 is 0. The van der Waals surface area contributed by atoms with E-state index in [9.17, 15) is 0 Å². The van der Waals surface area contributed by atoms with Gasteiger partial charge in [-0.1, -0.05) is 32.4 Å². The van der Waals surface area contributed by atoms with Gasteiger partial charge in [0.2, 0.25) is 5.88 Å². The van der Waals surface area contributed by atoms with Crippen molar-refractivity contribution >= 4 is 5.82 Å². The Morgan fingerprint density at radius 3 is 2.80 bits per heavy atom. The fraction of sp³-hybridized carbons (Fsp3) is 0.625. The van der Waals surface area contributed by atoms with Crippen LogP contribution < -0.4 is 10.1 Å². The lowest BCUT2D eigenvalue weighted by molar-refractivity contribution is 0.191. The Hall–Kier alpha value is -1.58. The molecule has 0 fully saturated rings. The number of allylic oxidation sites excluding steroid dienone is 2. The molecule has 0 amide bonds.